The highest BCUT2D eigenvalue weighted by molar-refractivity contribution is 5.96. The first-order valence-electron chi connectivity index (χ1n) is 25.2. The van der Waals surface area contributed by atoms with Gasteiger partial charge < -0.3 is 39.2 Å². The van der Waals surface area contributed by atoms with Gasteiger partial charge in [0.15, 0.2) is 0 Å². The van der Waals surface area contributed by atoms with Crippen molar-refractivity contribution in [2.45, 2.75) is 111 Å². The van der Waals surface area contributed by atoms with E-state index < -0.39 is 41.3 Å². The van der Waals surface area contributed by atoms with E-state index >= 15 is 0 Å². The highest BCUT2D eigenvalue weighted by Crippen LogP contribution is 2.42. The maximum absolute atomic E-state index is 14.8. The zero-order chi connectivity index (χ0) is 51.3. The number of carbonyl (C=O) groups is 5. The molecule has 0 aliphatic carbocycles. The van der Waals surface area contributed by atoms with Crippen molar-refractivity contribution >= 4 is 40.5 Å². The molecular formula is C55H74N8O8. The standard InChI is InChI=1S/C55H74N8O8/c1-11-62-46-19-18-38-31-42(46)43(50(62)41-15-12-22-56-48(41)35(4)70-10)32-55(5,6)33-71-54(69)44-16-13-24-63(58-44)53(68)45(29-36-27-39(38)30-40(64)28-36)57-51(66)49(34(2)3)60(9)52(67)37-20-25-61(26-21-37)47(65)17-14-23-59(7)8/h12,14-15,17-19,22,27-28,30-31,34-35,37,44-45,49,58,64H,11,13,16,20-21,23-26,29,32-33H2,1-10H3,(H,57,66)/b17-14+/t35-,44-,45-,49-/m0/s1. The number of pyridine rings is 1. The van der Waals surface area contributed by atoms with Crippen LogP contribution >= 0.6 is 0 Å². The van der Waals surface area contributed by atoms with Gasteiger partial charge in [0.05, 0.1) is 24.1 Å². The van der Waals surface area contributed by atoms with E-state index in [-0.39, 0.29) is 55.1 Å². The van der Waals surface area contributed by atoms with Crippen molar-refractivity contribution in [2.75, 3.05) is 61.0 Å². The number of piperidine rings is 1. The fraction of sp³-hybridized carbons (Fsp3) is 0.527. The molecule has 2 aromatic heterocycles. The average Bonchev–Trinajstić information content (AvgIpc) is 3.65. The zero-order valence-corrected chi connectivity index (χ0v) is 43.3. The molecule has 7 rings (SSSR count). The number of aromatic nitrogens is 2. The van der Waals surface area contributed by atoms with Crippen molar-refractivity contribution < 1.29 is 38.6 Å². The number of likely N-dealkylation sites (N-methyl/N-ethyl adjacent to an activating group) is 2. The number of benzene rings is 2. The Morgan fingerprint density at radius 1 is 1.01 bits per heavy atom. The Labute approximate surface area is 418 Å². The normalized spacial score (nSPS) is 20.0. The summed E-state index contributed by atoms with van der Waals surface area (Å²) in [5, 5.41) is 16.8. The predicted molar refractivity (Wildman–Crippen MR) is 274 cm³/mol. The minimum Gasteiger partial charge on any atom is -0.508 e. The largest absolute Gasteiger partial charge is 0.508 e. The number of cyclic esters (lactones) is 1. The highest BCUT2D eigenvalue weighted by atomic mass is 16.5. The Kier molecular flexibility index (Phi) is 16.7. The molecule has 4 atom stereocenters. The number of phenolic OH excluding ortho intramolecular Hbond substituents is 1. The molecule has 16 nitrogen and oxygen atoms in total. The van der Waals surface area contributed by atoms with Gasteiger partial charge in [0.2, 0.25) is 17.7 Å². The second kappa shape index (κ2) is 22.5. The van der Waals surface area contributed by atoms with Crippen LogP contribution in [0.25, 0.3) is 33.3 Å². The number of phenols is 1. The summed E-state index contributed by atoms with van der Waals surface area (Å²) in [7, 11) is 7.16. The monoisotopic (exact) mass is 975 g/mol. The summed E-state index contributed by atoms with van der Waals surface area (Å²) in [5.74, 6) is -2.46. The van der Waals surface area contributed by atoms with Gasteiger partial charge in [-0.05, 0) is 125 Å². The number of hydrogen-bond acceptors (Lipinski definition) is 11. The van der Waals surface area contributed by atoms with E-state index in [2.05, 4.69) is 54.3 Å². The summed E-state index contributed by atoms with van der Waals surface area (Å²) in [6.45, 7) is 14.5. The summed E-state index contributed by atoms with van der Waals surface area (Å²) in [5.41, 5.74) is 9.58. The number of aromatic hydroxyl groups is 1. The fourth-order valence-electron chi connectivity index (χ4n) is 10.5. The predicted octanol–water partition coefficient (Wildman–Crippen LogP) is 6.29. The van der Waals surface area contributed by atoms with Crippen molar-refractivity contribution in [1.29, 1.82) is 0 Å². The van der Waals surface area contributed by atoms with Crippen LogP contribution in [0.2, 0.25) is 0 Å². The Morgan fingerprint density at radius 2 is 1.76 bits per heavy atom. The number of nitrogens with one attached hydrogen (secondary N) is 2. The lowest BCUT2D eigenvalue weighted by atomic mass is 9.84. The SMILES string of the molecule is CCn1c(-c2cccnc2[C@H](C)OC)c2c3cc(ccc31)-c1cc(O)cc(c1)C[C@H](NC(=O)[C@H](C(C)C)N(C)C(=O)C1CCN(C(=O)/C=C/CN(C)C)CC1)C(=O)N1CCC[C@H](N1)C(=O)OCC(C)(C)C2. The summed E-state index contributed by atoms with van der Waals surface area (Å²) in [6, 6.07) is 12.6. The van der Waals surface area contributed by atoms with Gasteiger partial charge >= 0.3 is 5.97 Å². The smallest absolute Gasteiger partial charge is 0.324 e. The number of nitrogens with zero attached hydrogens (tertiary/aromatic N) is 6. The van der Waals surface area contributed by atoms with Gasteiger partial charge in [-0.3, -0.25) is 34.0 Å². The maximum atomic E-state index is 14.8. The lowest BCUT2D eigenvalue weighted by Gasteiger charge is -2.38. The maximum Gasteiger partial charge on any atom is 0.324 e. The second-order valence-corrected chi connectivity index (χ2v) is 20.9. The minimum atomic E-state index is -1.16. The first-order chi connectivity index (χ1) is 33.8. The first-order valence-corrected chi connectivity index (χ1v) is 25.2. The third kappa shape index (κ3) is 12.0. The van der Waals surface area contributed by atoms with E-state index in [4.69, 9.17) is 14.5 Å². The van der Waals surface area contributed by atoms with Gasteiger partial charge in [-0.1, -0.05) is 45.9 Å². The van der Waals surface area contributed by atoms with Gasteiger partial charge in [0.1, 0.15) is 23.9 Å². The number of hydrazine groups is 1. The Morgan fingerprint density at radius 3 is 2.45 bits per heavy atom. The van der Waals surface area contributed by atoms with E-state index in [0.29, 0.717) is 63.8 Å². The van der Waals surface area contributed by atoms with Gasteiger partial charge in [0, 0.05) is 93.4 Å². The molecule has 4 amide bonds. The average molecular weight is 975 g/mol. The van der Waals surface area contributed by atoms with Crippen molar-refractivity contribution in [3.8, 4) is 28.1 Å². The molecule has 2 fully saturated rings. The van der Waals surface area contributed by atoms with Crippen LogP contribution in [0, 0.1) is 17.3 Å². The van der Waals surface area contributed by atoms with Crippen LogP contribution in [0.15, 0.2) is 66.9 Å². The van der Waals surface area contributed by atoms with E-state index in [9.17, 15) is 29.1 Å². The van der Waals surface area contributed by atoms with Crippen LogP contribution in [0.4, 0.5) is 0 Å². The summed E-state index contributed by atoms with van der Waals surface area (Å²) >= 11 is 0. The number of carbonyl (C=O) groups excluding carboxylic acids is 5. The first kappa shape index (κ1) is 52.7. The zero-order valence-electron chi connectivity index (χ0n) is 43.3. The molecule has 5 heterocycles. The third-order valence-electron chi connectivity index (χ3n) is 14.2. The highest BCUT2D eigenvalue weighted by Gasteiger charge is 2.39. The fourth-order valence-corrected chi connectivity index (χ4v) is 10.5. The van der Waals surface area contributed by atoms with E-state index in [0.717, 1.165) is 44.5 Å². The van der Waals surface area contributed by atoms with Gasteiger partial charge in [-0.15, -0.1) is 0 Å². The number of aryl methyl sites for hydroxylation is 1. The molecule has 3 aliphatic rings. The van der Waals surface area contributed by atoms with Crippen LogP contribution in [-0.4, -0.2) is 143 Å². The molecule has 3 N–H and O–H groups in total. The third-order valence-corrected chi connectivity index (χ3v) is 14.2. The van der Waals surface area contributed by atoms with Gasteiger partial charge in [0.25, 0.3) is 5.91 Å². The number of amides is 4. The molecule has 16 heteroatoms. The van der Waals surface area contributed by atoms with E-state index in [1.807, 2.05) is 64.0 Å². The second-order valence-electron chi connectivity index (χ2n) is 20.9. The summed E-state index contributed by atoms with van der Waals surface area (Å²) in [4.78, 5) is 80.5. The Bertz CT molecular complexity index is 2630. The number of likely N-dealkylation sites (tertiary alicyclic amines) is 1. The van der Waals surface area contributed by atoms with Crippen molar-refractivity contribution in [2.24, 2.45) is 17.3 Å². The molecule has 0 spiro atoms. The molecule has 6 bridgehead atoms. The molecule has 0 unspecified atom stereocenters. The Balaban J connectivity index is 1.24. The van der Waals surface area contributed by atoms with Gasteiger partial charge in [-0.2, -0.15) is 0 Å². The van der Waals surface area contributed by atoms with Crippen molar-refractivity contribution in [1.82, 2.24) is 40.0 Å². The molecule has 4 aromatic rings. The molecule has 0 saturated carbocycles. The number of fused-ring (bicyclic) bond motifs is 6. The lowest BCUT2D eigenvalue weighted by Crippen LogP contribution is -2.62. The van der Waals surface area contributed by atoms with Crippen LogP contribution in [-0.2, 0) is 52.8 Å². The Hall–Kier alpha value is -6.10. The molecule has 0 radical (unpaired) electrons. The number of methoxy groups -OCH3 is 1. The molecule has 3 aliphatic heterocycles. The molecule has 2 aromatic carbocycles. The van der Waals surface area contributed by atoms with Crippen LogP contribution < -0.4 is 10.7 Å². The molecular weight excluding hydrogens is 901 g/mol. The summed E-state index contributed by atoms with van der Waals surface area (Å²) in [6.07, 6.45) is 7.31. The molecule has 382 valence electrons. The minimum absolute atomic E-state index is 0.00324. The van der Waals surface area contributed by atoms with Crippen LogP contribution in [0.5, 0.6) is 5.75 Å². The van der Waals surface area contributed by atoms with Gasteiger partial charge in [-0.25, -0.2) is 5.43 Å². The van der Waals surface area contributed by atoms with Crippen LogP contribution in [0.1, 0.15) is 90.2 Å². The van der Waals surface area contributed by atoms with Crippen molar-refractivity contribution in [3.05, 3.63) is 83.7 Å². The van der Waals surface area contributed by atoms with E-state index in [1.54, 1.807) is 43.5 Å². The van der Waals surface area contributed by atoms with Crippen molar-refractivity contribution in [3.63, 3.8) is 0 Å². The molecule has 2 saturated heterocycles. The lowest BCUT2D eigenvalue weighted by molar-refractivity contribution is -0.155. The topological polar surface area (TPSA) is 179 Å². The number of rotatable bonds is 12. The number of hydrogen-bond donors (Lipinski definition) is 3. The number of esters is 1. The number of ether oxygens (including phenoxy) is 2. The summed E-state index contributed by atoms with van der Waals surface area (Å²) < 4.78 is 14.2. The van der Waals surface area contributed by atoms with E-state index in [1.165, 1.54) is 9.91 Å². The van der Waals surface area contributed by atoms with Crippen LogP contribution in [0.3, 0.4) is 0 Å². The quantitative estimate of drug-likeness (QED) is 0.107. The molecule has 71 heavy (non-hydrogen) atoms.